The van der Waals surface area contributed by atoms with Gasteiger partial charge in [0.15, 0.2) is 0 Å². The molecule has 7 heteroatoms. The minimum Gasteiger partial charge on any atom is -0.368 e. The largest absolute Gasteiger partial charge is 0.368 e. The van der Waals surface area contributed by atoms with Crippen molar-refractivity contribution in [1.29, 1.82) is 0 Å². The lowest BCUT2D eigenvalue weighted by atomic mass is 10.1. The highest BCUT2D eigenvalue weighted by Gasteiger charge is 2.27. The molecule has 0 spiro atoms. The van der Waals surface area contributed by atoms with Crippen molar-refractivity contribution in [2.24, 2.45) is 7.05 Å². The lowest BCUT2D eigenvalue weighted by Crippen LogP contribution is -2.34. The lowest BCUT2D eigenvalue weighted by Gasteiger charge is -2.21. The van der Waals surface area contributed by atoms with Gasteiger partial charge in [-0.25, -0.2) is 15.0 Å². The highest BCUT2D eigenvalue weighted by Crippen LogP contribution is 2.27. The Morgan fingerprint density at radius 2 is 2.26 bits per heavy atom. The highest BCUT2D eigenvalue weighted by atomic mass is 16.5. The molecule has 3 heterocycles. The van der Waals surface area contributed by atoms with E-state index >= 15 is 0 Å². The number of carbonyl (C=O) groups is 1. The van der Waals surface area contributed by atoms with Crippen molar-refractivity contribution in [3.63, 3.8) is 0 Å². The Bertz CT molecular complexity index is 664. The molecule has 1 aliphatic heterocycles. The predicted molar refractivity (Wildman–Crippen MR) is 67.4 cm³/mol. The minimum atomic E-state index is -0.384. The number of aromatic nitrogens is 3. The van der Waals surface area contributed by atoms with Gasteiger partial charge < -0.3 is 10.3 Å². The fourth-order valence-electron chi connectivity index (χ4n) is 2.35. The Hall–Kier alpha value is -2.41. The van der Waals surface area contributed by atoms with Gasteiger partial charge in [0.1, 0.15) is 0 Å². The third-order valence-corrected chi connectivity index (χ3v) is 3.32. The van der Waals surface area contributed by atoms with Crippen LogP contribution < -0.4 is 5.73 Å². The smallest absolute Gasteiger partial charge is 0.279 e. The van der Waals surface area contributed by atoms with Gasteiger partial charge in [-0.3, -0.25) is 10.0 Å². The molecule has 98 valence electrons. The summed E-state index contributed by atoms with van der Waals surface area (Å²) < 4.78 is 1.90. The van der Waals surface area contributed by atoms with E-state index in [4.69, 9.17) is 5.73 Å². The normalized spacial score (nSPS) is 14.6. The van der Waals surface area contributed by atoms with Crippen LogP contribution in [0.4, 0.5) is 5.95 Å². The van der Waals surface area contributed by atoms with E-state index in [1.54, 1.807) is 18.3 Å². The first-order valence-electron chi connectivity index (χ1n) is 5.86. The lowest BCUT2D eigenvalue weighted by molar-refractivity contribution is -0.0604. The number of amides is 1. The molecule has 3 N–H and O–H groups in total. The number of anilines is 1. The van der Waals surface area contributed by atoms with E-state index in [1.165, 1.54) is 0 Å². The first-order chi connectivity index (χ1) is 9.08. The fraction of sp³-hybridized carbons (Fsp3) is 0.250. The number of fused-ring (bicyclic) bond motifs is 1. The van der Waals surface area contributed by atoms with Crippen LogP contribution in [0.1, 0.15) is 16.1 Å². The molecule has 0 saturated carbocycles. The summed E-state index contributed by atoms with van der Waals surface area (Å²) in [7, 11) is 1.87. The maximum atomic E-state index is 11.9. The summed E-state index contributed by atoms with van der Waals surface area (Å²) in [6.07, 6.45) is 2.18. The van der Waals surface area contributed by atoms with Crippen LogP contribution in [-0.4, -0.2) is 37.3 Å². The fourth-order valence-corrected chi connectivity index (χ4v) is 2.35. The van der Waals surface area contributed by atoms with Gasteiger partial charge in [-0.05, 0) is 12.1 Å². The van der Waals surface area contributed by atoms with Gasteiger partial charge in [0.2, 0.25) is 5.95 Å². The van der Waals surface area contributed by atoms with Crippen LogP contribution in [0.3, 0.4) is 0 Å². The average Bonchev–Trinajstić information content (AvgIpc) is 2.72. The summed E-state index contributed by atoms with van der Waals surface area (Å²) in [4.78, 5) is 19.9. The molecule has 2 aromatic heterocycles. The van der Waals surface area contributed by atoms with Gasteiger partial charge >= 0.3 is 0 Å². The number of hydroxylamine groups is 2. The number of nitrogens with two attached hydrogens (primary N) is 1. The second-order valence-electron chi connectivity index (χ2n) is 4.43. The van der Waals surface area contributed by atoms with Crippen molar-refractivity contribution >= 4 is 11.9 Å². The number of nitrogens with zero attached hydrogens (tertiary/aromatic N) is 4. The van der Waals surface area contributed by atoms with Crippen LogP contribution in [0.15, 0.2) is 18.3 Å². The Kier molecular flexibility index (Phi) is 2.49. The zero-order valence-electron chi connectivity index (χ0n) is 10.4. The van der Waals surface area contributed by atoms with Gasteiger partial charge in [-0.1, -0.05) is 0 Å². The molecule has 3 rings (SSSR count). The molecule has 2 aromatic rings. The van der Waals surface area contributed by atoms with Crippen molar-refractivity contribution in [1.82, 2.24) is 19.6 Å². The summed E-state index contributed by atoms with van der Waals surface area (Å²) in [6, 6.07) is 3.46. The van der Waals surface area contributed by atoms with E-state index in [2.05, 4.69) is 9.97 Å². The van der Waals surface area contributed by atoms with Crippen LogP contribution >= 0.6 is 0 Å². The topological polar surface area (TPSA) is 97.3 Å². The molecule has 1 aliphatic rings. The second kappa shape index (κ2) is 4.06. The van der Waals surface area contributed by atoms with Crippen molar-refractivity contribution < 1.29 is 10.0 Å². The molecule has 0 atom stereocenters. The van der Waals surface area contributed by atoms with Gasteiger partial charge in [0.25, 0.3) is 5.91 Å². The van der Waals surface area contributed by atoms with Crippen molar-refractivity contribution in [2.45, 2.75) is 6.42 Å². The van der Waals surface area contributed by atoms with Crippen LogP contribution in [0.25, 0.3) is 11.4 Å². The van der Waals surface area contributed by atoms with Crippen molar-refractivity contribution in [3.05, 3.63) is 29.6 Å². The summed E-state index contributed by atoms with van der Waals surface area (Å²) >= 11 is 0. The van der Waals surface area contributed by atoms with Gasteiger partial charge in [0, 0.05) is 25.4 Å². The predicted octanol–water partition coefficient (Wildman–Crippen LogP) is 0.452. The van der Waals surface area contributed by atoms with E-state index < -0.39 is 0 Å². The highest BCUT2D eigenvalue weighted by molar-refractivity contribution is 5.97. The summed E-state index contributed by atoms with van der Waals surface area (Å²) in [6.45, 7) is 0.301. The molecule has 0 bridgehead atoms. The average molecular weight is 259 g/mol. The van der Waals surface area contributed by atoms with Gasteiger partial charge in [0.05, 0.1) is 23.5 Å². The van der Waals surface area contributed by atoms with Crippen LogP contribution in [0, 0.1) is 0 Å². The van der Waals surface area contributed by atoms with E-state index in [0.29, 0.717) is 24.2 Å². The maximum Gasteiger partial charge on any atom is 0.279 e. The summed E-state index contributed by atoms with van der Waals surface area (Å²) in [5.74, 6) is -0.197. The number of hydrogen-bond donors (Lipinski definition) is 2. The molecule has 7 nitrogen and oxygen atoms in total. The van der Waals surface area contributed by atoms with Gasteiger partial charge in [-0.2, -0.15) is 0 Å². The molecule has 0 unspecified atom stereocenters. The molecular weight excluding hydrogens is 246 g/mol. The molecule has 0 fully saturated rings. The Balaban J connectivity index is 2.15. The van der Waals surface area contributed by atoms with E-state index in [-0.39, 0.29) is 11.9 Å². The summed E-state index contributed by atoms with van der Waals surface area (Å²) in [5.41, 5.74) is 8.40. The molecule has 1 amide bonds. The van der Waals surface area contributed by atoms with Crippen molar-refractivity contribution in [3.8, 4) is 11.4 Å². The zero-order valence-corrected chi connectivity index (χ0v) is 10.4. The minimum absolute atomic E-state index is 0.187. The first-order valence-corrected chi connectivity index (χ1v) is 5.86. The van der Waals surface area contributed by atoms with Gasteiger partial charge in [-0.15, -0.1) is 0 Å². The second-order valence-corrected chi connectivity index (χ2v) is 4.43. The number of carbonyl (C=O) groups excluding carboxylic acids is 1. The summed E-state index contributed by atoms with van der Waals surface area (Å²) in [5, 5.41) is 10.2. The number of hydrogen-bond acceptors (Lipinski definition) is 5. The standard InChI is InChI=1S/C12H13N5O2/c1-16-9-3-5-17(19)11(18)7(9)6-10(16)8-2-4-14-12(13)15-8/h2,4,6,19H,3,5H2,1H3,(H2,13,14,15). The Morgan fingerprint density at radius 1 is 1.47 bits per heavy atom. The molecule has 0 aromatic carbocycles. The van der Waals surface area contributed by atoms with E-state index in [0.717, 1.165) is 16.5 Å². The Morgan fingerprint density at radius 3 is 3.00 bits per heavy atom. The molecule has 0 aliphatic carbocycles. The van der Waals surface area contributed by atoms with E-state index in [9.17, 15) is 10.0 Å². The van der Waals surface area contributed by atoms with Crippen molar-refractivity contribution in [2.75, 3.05) is 12.3 Å². The zero-order chi connectivity index (χ0) is 13.6. The van der Waals surface area contributed by atoms with Crippen LogP contribution in [0.2, 0.25) is 0 Å². The third kappa shape index (κ3) is 1.75. The van der Waals surface area contributed by atoms with E-state index in [1.807, 2.05) is 11.6 Å². The molecule has 19 heavy (non-hydrogen) atoms. The van der Waals surface area contributed by atoms with Crippen LogP contribution in [0.5, 0.6) is 0 Å². The number of rotatable bonds is 1. The number of nitrogen functional groups attached to an aromatic ring is 1. The first kappa shape index (κ1) is 11.7. The monoisotopic (exact) mass is 259 g/mol. The Labute approximate surface area is 109 Å². The molecule has 0 radical (unpaired) electrons. The SMILES string of the molecule is Cn1c(-c2ccnc(N)n2)cc2c1CCN(O)C2=O. The quantitative estimate of drug-likeness (QED) is 0.725. The maximum absolute atomic E-state index is 11.9. The van der Waals surface area contributed by atoms with Crippen LogP contribution in [-0.2, 0) is 13.5 Å². The third-order valence-electron chi connectivity index (χ3n) is 3.32. The molecule has 0 saturated heterocycles. The molecular formula is C12H13N5O2.